The average molecular weight is 278 g/mol. The Balaban J connectivity index is 1.70. The second-order valence-corrected chi connectivity index (χ2v) is 6.35. The van der Waals surface area contributed by atoms with Crippen molar-refractivity contribution in [3.8, 4) is 0 Å². The van der Waals surface area contributed by atoms with Crippen LogP contribution in [0.4, 0.5) is 0 Å². The minimum Gasteiger partial charge on any atom is -0.310 e. The summed E-state index contributed by atoms with van der Waals surface area (Å²) in [5.41, 5.74) is 2.85. The quantitative estimate of drug-likeness (QED) is 0.778. The van der Waals surface area contributed by atoms with Crippen LogP contribution in [-0.2, 0) is 13.5 Å². The lowest BCUT2D eigenvalue weighted by atomic mass is 9.93. The lowest BCUT2D eigenvalue weighted by molar-refractivity contribution is 0.267. The number of nitrogens with one attached hydrogen (secondary N) is 1. The predicted molar refractivity (Wildman–Crippen MR) is 83.9 cm³/mol. The number of aryl methyl sites for hydroxylation is 1. The largest absolute Gasteiger partial charge is 0.310 e. The van der Waals surface area contributed by atoms with E-state index in [1.54, 1.807) is 0 Å². The van der Waals surface area contributed by atoms with Crippen molar-refractivity contribution < 1.29 is 0 Å². The van der Waals surface area contributed by atoms with Crippen molar-refractivity contribution >= 4 is 0 Å². The van der Waals surface area contributed by atoms with Gasteiger partial charge >= 0.3 is 0 Å². The Bertz CT molecular complexity index is 411. The molecule has 4 heteroatoms. The minimum atomic E-state index is 0.523. The van der Waals surface area contributed by atoms with E-state index in [1.807, 2.05) is 4.68 Å². The maximum atomic E-state index is 4.41. The van der Waals surface area contributed by atoms with E-state index in [2.05, 4.69) is 49.5 Å². The fourth-order valence-corrected chi connectivity index (χ4v) is 2.94. The van der Waals surface area contributed by atoms with Crippen LogP contribution in [0.15, 0.2) is 6.20 Å². The maximum Gasteiger partial charge on any atom is 0.0540 e. The molecule has 0 spiro atoms. The van der Waals surface area contributed by atoms with Gasteiger partial charge in [-0.25, -0.2) is 0 Å². The van der Waals surface area contributed by atoms with Crippen LogP contribution in [0.3, 0.4) is 0 Å². The lowest BCUT2D eigenvalue weighted by Gasteiger charge is -2.24. The van der Waals surface area contributed by atoms with E-state index in [9.17, 15) is 0 Å². The molecule has 0 saturated carbocycles. The zero-order chi connectivity index (χ0) is 14.5. The van der Waals surface area contributed by atoms with Gasteiger partial charge in [-0.3, -0.25) is 4.68 Å². The number of hydrogen-bond donors (Lipinski definition) is 1. The van der Waals surface area contributed by atoms with E-state index in [0.29, 0.717) is 12.1 Å². The number of aromatic nitrogens is 2. The van der Waals surface area contributed by atoms with Gasteiger partial charge in [0.25, 0.3) is 0 Å². The van der Waals surface area contributed by atoms with Crippen LogP contribution in [0.25, 0.3) is 0 Å². The van der Waals surface area contributed by atoms with Crippen LogP contribution >= 0.6 is 0 Å². The highest BCUT2D eigenvalue weighted by atomic mass is 15.3. The minimum absolute atomic E-state index is 0.523. The molecule has 0 saturated heterocycles. The van der Waals surface area contributed by atoms with Crippen molar-refractivity contribution in [3.63, 3.8) is 0 Å². The second kappa shape index (κ2) is 7.23. The molecule has 20 heavy (non-hydrogen) atoms. The molecule has 0 aromatic carbocycles. The third-order valence-electron chi connectivity index (χ3n) is 4.59. The molecule has 0 radical (unpaired) electrons. The SMILES string of the molecule is CC(C)N(C)CCCCNC1CCCc2c1cnn2C. The Morgan fingerprint density at radius 1 is 1.45 bits per heavy atom. The fourth-order valence-electron chi connectivity index (χ4n) is 2.94. The first-order valence-corrected chi connectivity index (χ1v) is 8.04. The van der Waals surface area contributed by atoms with E-state index in [-0.39, 0.29) is 0 Å². The predicted octanol–water partition coefficient (Wildman–Crippen LogP) is 2.51. The summed E-state index contributed by atoms with van der Waals surface area (Å²) in [6.07, 6.45) is 8.30. The summed E-state index contributed by atoms with van der Waals surface area (Å²) in [4.78, 5) is 2.42. The van der Waals surface area contributed by atoms with Crippen molar-refractivity contribution in [1.29, 1.82) is 0 Å². The topological polar surface area (TPSA) is 33.1 Å². The molecule has 0 amide bonds. The third kappa shape index (κ3) is 3.83. The van der Waals surface area contributed by atoms with Gasteiger partial charge in [0.05, 0.1) is 6.20 Å². The lowest BCUT2D eigenvalue weighted by Crippen LogP contribution is -2.29. The first-order valence-electron chi connectivity index (χ1n) is 8.04. The molecule has 0 bridgehead atoms. The Morgan fingerprint density at radius 3 is 3.00 bits per heavy atom. The number of unbranched alkanes of at least 4 members (excludes halogenated alkanes) is 1. The van der Waals surface area contributed by atoms with Crippen LogP contribution in [0.5, 0.6) is 0 Å². The number of fused-ring (bicyclic) bond motifs is 1. The van der Waals surface area contributed by atoms with Crippen molar-refractivity contribution in [3.05, 3.63) is 17.5 Å². The summed E-state index contributed by atoms with van der Waals surface area (Å²) in [5, 5.41) is 8.13. The second-order valence-electron chi connectivity index (χ2n) is 6.35. The Morgan fingerprint density at radius 2 is 2.25 bits per heavy atom. The Labute approximate surface area is 123 Å². The molecule has 1 aliphatic rings. The summed E-state index contributed by atoms with van der Waals surface area (Å²) in [6, 6.07) is 1.18. The van der Waals surface area contributed by atoms with Gasteiger partial charge in [0.2, 0.25) is 0 Å². The highest BCUT2D eigenvalue weighted by molar-refractivity contribution is 5.24. The summed E-state index contributed by atoms with van der Waals surface area (Å²) in [5.74, 6) is 0. The van der Waals surface area contributed by atoms with Gasteiger partial charge in [-0.1, -0.05) is 0 Å². The molecule has 0 aliphatic heterocycles. The monoisotopic (exact) mass is 278 g/mol. The molecule has 1 aliphatic carbocycles. The summed E-state index contributed by atoms with van der Waals surface area (Å²) in [7, 11) is 4.27. The molecule has 4 nitrogen and oxygen atoms in total. The van der Waals surface area contributed by atoms with E-state index < -0.39 is 0 Å². The Kier molecular flexibility index (Phi) is 5.61. The summed E-state index contributed by atoms with van der Waals surface area (Å²) >= 11 is 0. The van der Waals surface area contributed by atoms with Crippen LogP contribution in [0, 0.1) is 0 Å². The molecule has 1 unspecified atom stereocenters. The van der Waals surface area contributed by atoms with Crippen LogP contribution in [0.1, 0.15) is 56.8 Å². The van der Waals surface area contributed by atoms with Crippen molar-refractivity contribution in [1.82, 2.24) is 20.0 Å². The molecule has 1 atom stereocenters. The van der Waals surface area contributed by atoms with Crippen molar-refractivity contribution in [2.75, 3.05) is 20.1 Å². The van der Waals surface area contributed by atoms with Gasteiger partial charge < -0.3 is 10.2 Å². The standard InChI is InChI=1S/C16H30N4/c1-13(2)19(3)11-6-5-10-17-15-8-7-9-16-14(15)12-18-20(16)4/h12-13,15,17H,5-11H2,1-4H3. The molecular formula is C16H30N4. The first kappa shape index (κ1) is 15.5. The molecule has 2 rings (SSSR count). The fraction of sp³-hybridized carbons (Fsp3) is 0.812. The van der Waals surface area contributed by atoms with Crippen LogP contribution < -0.4 is 5.32 Å². The normalized spacial score (nSPS) is 18.8. The smallest absolute Gasteiger partial charge is 0.0540 e. The van der Waals surface area contributed by atoms with Crippen LogP contribution in [0.2, 0.25) is 0 Å². The maximum absolute atomic E-state index is 4.41. The molecule has 1 N–H and O–H groups in total. The van der Waals surface area contributed by atoms with Gasteiger partial charge in [-0.15, -0.1) is 0 Å². The van der Waals surface area contributed by atoms with Gasteiger partial charge in [0.15, 0.2) is 0 Å². The zero-order valence-electron chi connectivity index (χ0n) is 13.5. The average Bonchev–Trinajstić information content (AvgIpc) is 2.81. The van der Waals surface area contributed by atoms with E-state index in [4.69, 9.17) is 0 Å². The van der Waals surface area contributed by atoms with E-state index >= 15 is 0 Å². The van der Waals surface area contributed by atoms with E-state index in [0.717, 1.165) is 6.54 Å². The number of nitrogens with zero attached hydrogens (tertiary/aromatic N) is 3. The van der Waals surface area contributed by atoms with Crippen molar-refractivity contribution in [2.24, 2.45) is 7.05 Å². The molecule has 0 fully saturated rings. The van der Waals surface area contributed by atoms with Gasteiger partial charge in [-0.05, 0) is 66.1 Å². The Hall–Kier alpha value is -0.870. The summed E-state index contributed by atoms with van der Waals surface area (Å²) < 4.78 is 2.04. The molecule has 1 aromatic heterocycles. The number of hydrogen-bond acceptors (Lipinski definition) is 3. The van der Waals surface area contributed by atoms with E-state index in [1.165, 1.54) is 49.9 Å². The van der Waals surface area contributed by atoms with Gasteiger partial charge in [-0.2, -0.15) is 5.10 Å². The molecule has 114 valence electrons. The highest BCUT2D eigenvalue weighted by Crippen LogP contribution is 2.28. The molecule has 1 heterocycles. The third-order valence-corrected chi connectivity index (χ3v) is 4.59. The van der Waals surface area contributed by atoms with Gasteiger partial charge in [0, 0.05) is 30.4 Å². The van der Waals surface area contributed by atoms with Gasteiger partial charge in [0.1, 0.15) is 0 Å². The zero-order valence-corrected chi connectivity index (χ0v) is 13.5. The first-order chi connectivity index (χ1) is 9.59. The molecule has 1 aromatic rings. The van der Waals surface area contributed by atoms with Crippen molar-refractivity contribution in [2.45, 2.75) is 58.0 Å². The number of rotatable bonds is 7. The molecular weight excluding hydrogens is 248 g/mol. The highest BCUT2D eigenvalue weighted by Gasteiger charge is 2.22. The van der Waals surface area contributed by atoms with Crippen LogP contribution in [-0.4, -0.2) is 40.9 Å². The summed E-state index contributed by atoms with van der Waals surface area (Å²) in [6.45, 7) is 6.82.